The van der Waals surface area contributed by atoms with Crippen molar-refractivity contribution in [3.05, 3.63) is 58.2 Å². The lowest BCUT2D eigenvalue weighted by Gasteiger charge is -2.16. The highest BCUT2D eigenvalue weighted by atomic mass is 16.3. The van der Waals surface area contributed by atoms with Crippen LogP contribution < -0.4 is 10.9 Å². The summed E-state index contributed by atoms with van der Waals surface area (Å²) in [6.07, 6.45) is 7.73. The molecule has 0 bridgehead atoms. The van der Waals surface area contributed by atoms with Crippen molar-refractivity contribution in [2.45, 2.75) is 51.6 Å². The quantitative estimate of drug-likeness (QED) is 0.746. The minimum Gasteiger partial charge on any atom is -0.469 e. The molecule has 0 aliphatic heterocycles. The topological polar surface area (TPSA) is 90.0 Å². The zero-order valence-corrected chi connectivity index (χ0v) is 15.3. The van der Waals surface area contributed by atoms with Crippen LogP contribution in [0.4, 0.5) is 0 Å². The molecule has 0 saturated carbocycles. The van der Waals surface area contributed by atoms with Gasteiger partial charge in [-0.05, 0) is 56.4 Å². The van der Waals surface area contributed by atoms with Gasteiger partial charge in [0.15, 0.2) is 5.65 Å². The maximum atomic E-state index is 12.8. The van der Waals surface area contributed by atoms with Gasteiger partial charge in [0.25, 0.3) is 5.56 Å². The van der Waals surface area contributed by atoms with Gasteiger partial charge in [0.05, 0.1) is 11.6 Å². The fourth-order valence-electron chi connectivity index (χ4n) is 3.58. The van der Waals surface area contributed by atoms with Gasteiger partial charge in [0.2, 0.25) is 5.91 Å². The number of pyridine rings is 1. The Morgan fingerprint density at radius 2 is 2.22 bits per heavy atom. The van der Waals surface area contributed by atoms with E-state index >= 15 is 0 Å². The summed E-state index contributed by atoms with van der Waals surface area (Å²) >= 11 is 0. The summed E-state index contributed by atoms with van der Waals surface area (Å²) in [5.41, 5.74) is 2.41. The van der Waals surface area contributed by atoms with Gasteiger partial charge in [-0.25, -0.2) is 9.97 Å². The number of hydrogen-bond acceptors (Lipinski definition) is 5. The highest BCUT2D eigenvalue weighted by molar-refractivity contribution is 5.78. The summed E-state index contributed by atoms with van der Waals surface area (Å²) in [4.78, 5) is 34.0. The summed E-state index contributed by atoms with van der Waals surface area (Å²) in [7, 11) is 0. The fraction of sp³-hybridized carbons (Fsp3) is 0.400. The average Bonchev–Trinajstić information content (AvgIpc) is 3.15. The van der Waals surface area contributed by atoms with Gasteiger partial charge in [-0.3, -0.25) is 14.2 Å². The molecule has 3 heterocycles. The summed E-state index contributed by atoms with van der Waals surface area (Å²) in [5.74, 6) is 0.575. The molecule has 0 aromatic carbocycles. The Kier molecular flexibility index (Phi) is 4.75. The molecule has 1 unspecified atom stereocenters. The maximum Gasteiger partial charge on any atom is 0.263 e. The van der Waals surface area contributed by atoms with Crippen LogP contribution in [0.1, 0.15) is 36.8 Å². The van der Waals surface area contributed by atoms with Crippen LogP contribution in [-0.2, 0) is 30.6 Å². The minimum absolute atomic E-state index is 0.0681. The molecule has 1 aliphatic carbocycles. The molecule has 4 rings (SSSR count). The van der Waals surface area contributed by atoms with Crippen molar-refractivity contribution in [3.63, 3.8) is 0 Å². The van der Waals surface area contributed by atoms with Crippen LogP contribution >= 0.6 is 0 Å². The molecule has 0 saturated heterocycles. The molecule has 0 fully saturated rings. The molecular weight excluding hydrogens is 344 g/mol. The molecule has 1 atom stereocenters. The first kappa shape index (κ1) is 17.5. The van der Waals surface area contributed by atoms with Crippen LogP contribution in [0, 0.1) is 0 Å². The van der Waals surface area contributed by atoms with E-state index in [0.717, 1.165) is 42.7 Å². The lowest BCUT2D eigenvalue weighted by Crippen LogP contribution is -2.38. The van der Waals surface area contributed by atoms with E-state index in [1.54, 1.807) is 6.26 Å². The largest absolute Gasteiger partial charge is 0.469 e. The lowest BCUT2D eigenvalue weighted by molar-refractivity contribution is -0.122. The van der Waals surface area contributed by atoms with E-state index in [0.29, 0.717) is 17.5 Å². The maximum absolute atomic E-state index is 12.8. The van der Waals surface area contributed by atoms with Gasteiger partial charge in [-0.1, -0.05) is 0 Å². The Balaban J connectivity index is 1.50. The average molecular weight is 366 g/mol. The minimum atomic E-state index is -0.233. The van der Waals surface area contributed by atoms with Crippen LogP contribution in [0.5, 0.6) is 0 Å². The summed E-state index contributed by atoms with van der Waals surface area (Å²) in [5, 5.41) is 3.37. The van der Waals surface area contributed by atoms with Crippen LogP contribution in [-0.4, -0.2) is 26.5 Å². The Labute approximate surface area is 156 Å². The Hall–Kier alpha value is -2.96. The van der Waals surface area contributed by atoms with Gasteiger partial charge in [-0.2, -0.15) is 0 Å². The molecule has 3 aromatic rings. The molecule has 3 aromatic heterocycles. The third-order valence-electron chi connectivity index (χ3n) is 4.90. The van der Waals surface area contributed by atoms with Crippen molar-refractivity contribution in [1.29, 1.82) is 0 Å². The SMILES string of the molecule is CC(Cc1ccco1)NC(=O)Cn1cnc2nc3c(cc2c1=O)CCCC3. The van der Waals surface area contributed by atoms with Crippen molar-refractivity contribution in [2.75, 3.05) is 0 Å². The third kappa shape index (κ3) is 3.77. The number of rotatable bonds is 5. The van der Waals surface area contributed by atoms with Crippen molar-refractivity contribution in [3.8, 4) is 0 Å². The molecule has 140 valence electrons. The first-order valence-electron chi connectivity index (χ1n) is 9.30. The molecule has 1 N–H and O–H groups in total. The van der Waals surface area contributed by atoms with Crippen molar-refractivity contribution in [2.24, 2.45) is 0 Å². The molecule has 0 radical (unpaired) electrons. The van der Waals surface area contributed by atoms with Crippen molar-refractivity contribution in [1.82, 2.24) is 19.9 Å². The smallest absolute Gasteiger partial charge is 0.263 e. The van der Waals surface area contributed by atoms with Gasteiger partial charge in [0.1, 0.15) is 18.6 Å². The van der Waals surface area contributed by atoms with Crippen LogP contribution in [0.15, 0.2) is 40.0 Å². The van der Waals surface area contributed by atoms with E-state index in [1.807, 2.05) is 25.1 Å². The number of aromatic nitrogens is 3. The number of amides is 1. The Bertz CT molecular complexity index is 1020. The standard InChI is InChI=1S/C20H22N4O3/c1-13(9-15-6-4-8-27-15)22-18(25)11-24-12-21-19-16(20(24)26)10-14-5-2-3-7-17(14)23-19/h4,6,8,10,12-13H,2-3,5,7,9,11H2,1H3,(H,22,25). The molecule has 1 amide bonds. The van der Waals surface area contributed by atoms with Gasteiger partial charge < -0.3 is 9.73 Å². The number of nitrogens with zero attached hydrogens (tertiary/aromatic N) is 3. The number of hydrogen-bond donors (Lipinski definition) is 1. The fourth-order valence-corrected chi connectivity index (χ4v) is 3.58. The Morgan fingerprint density at radius 3 is 3.04 bits per heavy atom. The first-order valence-corrected chi connectivity index (χ1v) is 9.30. The number of furan rings is 1. The van der Waals surface area contributed by atoms with Crippen molar-refractivity contribution >= 4 is 16.9 Å². The second kappa shape index (κ2) is 7.34. The zero-order chi connectivity index (χ0) is 18.8. The van der Waals surface area contributed by atoms with Gasteiger partial charge in [0, 0.05) is 18.2 Å². The van der Waals surface area contributed by atoms with Crippen molar-refractivity contribution < 1.29 is 9.21 Å². The predicted molar refractivity (Wildman–Crippen MR) is 100 cm³/mol. The van der Waals surface area contributed by atoms with Gasteiger partial charge in [-0.15, -0.1) is 0 Å². The van der Waals surface area contributed by atoms with E-state index in [-0.39, 0.29) is 24.1 Å². The molecule has 7 nitrogen and oxygen atoms in total. The zero-order valence-electron chi connectivity index (χ0n) is 15.3. The van der Waals surface area contributed by atoms with E-state index in [4.69, 9.17) is 4.42 Å². The lowest BCUT2D eigenvalue weighted by atomic mass is 9.95. The number of carbonyl (C=O) groups is 1. The molecule has 0 spiro atoms. The normalized spacial score (nSPS) is 14.7. The van der Waals surface area contributed by atoms with Gasteiger partial charge >= 0.3 is 0 Å². The summed E-state index contributed by atoms with van der Waals surface area (Å²) in [6, 6.07) is 5.49. The number of carbonyl (C=O) groups excluding carboxylic acids is 1. The summed E-state index contributed by atoms with van der Waals surface area (Å²) < 4.78 is 6.63. The summed E-state index contributed by atoms with van der Waals surface area (Å²) in [6.45, 7) is 1.83. The molecule has 7 heteroatoms. The van der Waals surface area contributed by atoms with E-state index in [1.165, 1.54) is 10.9 Å². The van der Waals surface area contributed by atoms with E-state index in [2.05, 4.69) is 15.3 Å². The van der Waals surface area contributed by atoms with Crippen LogP contribution in [0.3, 0.4) is 0 Å². The second-order valence-electron chi connectivity index (χ2n) is 7.10. The second-order valence-corrected chi connectivity index (χ2v) is 7.10. The van der Waals surface area contributed by atoms with E-state index in [9.17, 15) is 9.59 Å². The number of fused-ring (bicyclic) bond motifs is 2. The third-order valence-corrected chi connectivity index (χ3v) is 4.90. The predicted octanol–water partition coefficient (Wildman–Crippen LogP) is 2.01. The first-order chi connectivity index (χ1) is 13.1. The molecule has 1 aliphatic rings. The van der Waals surface area contributed by atoms with E-state index < -0.39 is 0 Å². The molecular formula is C20H22N4O3. The van der Waals surface area contributed by atoms with Crippen LogP contribution in [0.2, 0.25) is 0 Å². The Morgan fingerprint density at radius 1 is 1.37 bits per heavy atom. The highest BCUT2D eigenvalue weighted by Gasteiger charge is 2.16. The molecule has 27 heavy (non-hydrogen) atoms. The number of nitrogens with one attached hydrogen (secondary N) is 1. The number of aryl methyl sites for hydroxylation is 2. The highest BCUT2D eigenvalue weighted by Crippen LogP contribution is 2.21. The van der Waals surface area contributed by atoms with Crippen LogP contribution in [0.25, 0.3) is 11.0 Å². The monoisotopic (exact) mass is 366 g/mol.